The lowest BCUT2D eigenvalue weighted by atomic mass is 10.0. The topological polar surface area (TPSA) is 548 Å². The number of fused-ring (bicyclic) bond motifs is 6. The molecule has 0 atom stereocenters. The molecule has 0 fully saturated rings. The average molecular weight is 1790 g/mol. The molecule has 10 aromatic heterocycles. The summed E-state index contributed by atoms with van der Waals surface area (Å²) in [6.45, 7) is 0. The summed E-state index contributed by atoms with van der Waals surface area (Å²) in [6.07, 6.45) is 19.1. The third-order valence-corrected chi connectivity index (χ3v) is 18.5. The van der Waals surface area contributed by atoms with E-state index in [9.17, 15) is 0 Å². The van der Waals surface area contributed by atoms with Gasteiger partial charge in [0.25, 0.3) is 17.0 Å². The van der Waals surface area contributed by atoms with Gasteiger partial charge in [-0.15, -0.1) is 34.8 Å². The van der Waals surface area contributed by atoms with Crippen molar-refractivity contribution >= 4 is 255 Å². The van der Waals surface area contributed by atoms with Crippen LogP contribution >= 0.6 is 142 Å². The van der Waals surface area contributed by atoms with E-state index in [0.29, 0.717) is 93.8 Å². The zero-order chi connectivity index (χ0) is 85.9. The molecule has 0 radical (unpaired) electrons. The van der Waals surface area contributed by atoms with E-state index in [0.717, 1.165) is 138 Å². The van der Waals surface area contributed by atoms with Crippen molar-refractivity contribution in [3.8, 4) is 36.4 Å². The van der Waals surface area contributed by atoms with E-state index in [1.165, 1.54) is 35.3 Å². The minimum absolute atomic E-state index is 0.000000000000000222. The van der Waals surface area contributed by atoms with E-state index in [4.69, 9.17) is 118 Å². The van der Waals surface area contributed by atoms with Gasteiger partial charge in [0.1, 0.15) is 0 Å². The lowest BCUT2D eigenvalue weighted by Gasteiger charge is -2.08. The summed E-state index contributed by atoms with van der Waals surface area (Å²) >= 11 is 49.8. The van der Waals surface area contributed by atoms with Crippen LogP contribution in [-0.4, -0.2) is 97.7 Å². The second-order valence-electron chi connectivity index (χ2n) is 22.2. The van der Waals surface area contributed by atoms with Crippen LogP contribution in [0, 0.1) is 68.0 Å². The summed E-state index contributed by atoms with van der Waals surface area (Å²) in [5.41, 5.74) is 61.6. The molecule has 0 aliphatic carbocycles. The third kappa shape index (κ3) is 33.4. The number of benzene rings is 2. The fourth-order valence-corrected chi connectivity index (χ4v) is 13.3. The van der Waals surface area contributed by atoms with Gasteiger partial charge in [0.2, 0.25) is 0 Å². The van der Waals surface area contributed by atoms with Gasteiger partial charge in [0, 0.05) is 105 Å². The summed E-state index contributed by atoms with van der Waals surface area (Å²) in [5, 5.41) is 62.3. The molecular weight excluding hydrogens is 1720 g/mol. The summed E-state index contributed by atoms with van der Waals surface area (Å²) < 4.78 is 11.3. The Labute approximate surface area is 731 Å². The number of hydrogen-bond acceptors (Lipinski definition) is 22. The first kappa shape index (κ1) is 97.4. The third-order valence-electron chi connectivity index (χ3n) is 14.9. The van der Waals surface area contributed by atoms with E-state index in [1.54, 1.807) is 55.8 Å². The molecule has 0 spiro atoms. The van der Waals surface area contributed by atoms with Gasteiger partial charge in [-0.05, 0) is 198 Å². The number of amidine groups is 3. The second kappa shape index (κ2) is 55.5. The molecule has 0 bridgehead atoms. The average Bonchev–Trinajstić information content (AvgIpc) is 0.832. The molecule has 0 aliphatic heterocycles. The Morgan fingerprint density at radius 3 is 1.00 bits per heavy atom. The van der Waals surface area contributed by atoms with Crippen LogP contribution < -0.4 is 65.6 Å². The van der Waals surface area contributed by atoms with Crippen molar-refractivity contribution in [1.82, 2.24) is 63.8 Å². The Morgan fingerprint density at radius 1 is 0.333 bits per heavy atom. The Hall–Kier alpha value is -12.0. The molecule has 0 saturated heterocycles. The number of rotatable bonds is 15. The normalized spacial score (nSPS) is 9.54. The van der Waals surface area contributed by atoms with E-state index in [1.807, 2.05) is 103 Å². The van der Waals surface area contributed by atoms with Crippen molar-refractivity contribution in [1.29, 1.82) is 31.6 Å². The molecular formula is C77H71Cl6N28S6+3. The molecule has 117 heavy (non-hydrogen) atoms. The Kier molecular flexibility index (Phi) is 46.2. The van der Waals surface area contributed by atoms with Crippen LogP contribution in [0.1, 0.15) is 67.3 Å². The van der Waals surface area contributed by atoms with E-state index in [-0.39, 0.29) is 21.8 Å². The lowest BCUT2D eigenvalue weighted by molar-refractivity contribution is 1.10. The highest BCUT2D eigenvalue weighted by atomic mass is 35.5. The largest absolute Gasteiger partial charge is 0.403 e. The van der Waals surface area contributed by atoms with Crippen molar-refractivity contribution in [3.63, 3.8) is 0 Å². The van der Waals surface area contributed by atoms with Gasteiger partial charge in [-0.3, -0.25) is 47.1 Å². The number of nitrogens with zero attached hydrogens (tertiary/aromatic N) is 19. The molecule has 0 unspecified atom stereocenters. The number of thioether (sulfide) groups is 3. The van der Waals surface area contributed by atoms with Crippen molar-refractivity contribution in [2.24, 2.45) is 51.6 Å². The number of nitrogens with two attached hydrogens (primary N) is 9. The highest BCUT2D eigenvalue weighted by molar-refractivity contribution is 8.13. The number of aromatic nitrogens is 10. The maximum Gasteiger partial charge on any atom is 0.403 e. The number of thiocarbonyl (C=S) groups is 3. The van der Waals surface area contributed by atoms with Gasteiger partial charge in [-0.25, -0.2) is 19.9 Å². The first-order valence-electron chi connectivity index (χ1n) is 33.3. The monoisotopic (exact) mass is 1790 g/mol. The SMILES string of the molecule is N#CCc1c(CCl)cnc2ncccc12.N#CCc1c(CCl)ncc2ccccc12.N#CCc1c(CCl)ncc2ncccc12.N#CCc1c(CSC(N)=[N+]=CCl)cnc2ncccc12.N#CCc1c(CSC(N)=[N+]=CCl)ncc2ccccc12.N#CCc1c(CSC(N)=[N+]=CCl)ncc2ncccc12.NC(N)=S.NC(N)=S.NC(N)=S. The van der Waals surface area contributed by atoms with Crippen LogP contribution in [0.25, 0.3) is 65.4 Å². The van der Waals surface area contributed by atoms with Crippen LogP contribution in [0.2, 0.25) is 0 Å². The van der Waals surface area contributed by atoms with Crippen LogP contribution in [0.3, 0.4) is 0 Å². The highest BCUT2D eigenvalue weighted by Crippen LogP contribution is 2.28. The van der Waals surface area contributed by atoms with Crippen molar-refractivity contribution < 1.29 is 0 Å². The minimum atomic E-state index is 0.000000000000000222. The Balaban J connectivity index is 0.000000288. The molecule has 40 heteroatoms. The van der Waals surface area contributed by atoms with E-state index in [2.05, 4.69) is 171 Å². The number of nitriles is 6. The summed E-state index contributed by atoms with van der Waals surface area (Å²) in [4.78, 5) is 42.5. The molecule has 0 aliphatic rings. The van der Waals surface area contributed by atoms with Crippen LogP contribution in [-0.2, 0) is 73.4 Å². The molecule has 12 rings (SSSR count). The molecule has 28 nitrogen and oxygen atoms in total. The van der Waals surface area contributed by atoms with Crippen LogP contribution in [0.5, 0.6) is 0 Å². The molecule has 2 aromatic carbocycles. The second-order valence-corrected chi connectivity index (χ2v) is 28.0. The molecule has 18 N–H and O–H groups in total. The van der Waals surface area contributed by atoms with Crippen molar-refractivity contribution in [3.05, 3.63) is 226 Å². The number of hydrogen-bond donors (Lipinski definition) is 9. The zero-order valence-electron chi connectivity index (χ0n) is 61.6. The maximum absolute atomic E-state index is 9.01. The lowest BCUT2D eigenvalue weighted by Crippen LogP contribution is -2.18. The number of halogens is 6. The van der Waals surface area contributed by atoms with Gasteiger partial charge < -0.3 is 34.4 Å². The smallest absolute Gasteiger partial charge is 0.377 e. The maximum atomic E-state index is 9.01. The van der Waals surface area contributed by atoms with Gasteiger partial charge in [0.05, 0.1) is 133 Å². The highest BCUT2D eigenvalue weighted by Gasteiger charge is 2.17. The van der Waals surface area contributed by atoms with Crippen molar-refractivity contribution in [2.75, 3.05) is 0 Å². The van der Waals surface area contributed by atoms with E-state index >= 15 is 0 Å². The summed E-state index contributed by atoms with van der Waals surface area (Å²) in [7, 11) is 0. The zero-order valence-corrected chi connectivity index (χ0v) is 71.1. The first-order chi connectivity index (χ1) is 56.6. The first-order valence-corrected chi connectivity index (χ1v) is 40.4. The van der Waals surface area contributed by atoms with Crippen LogP contribution in [0.4, 0.5) is 0 Å². The quantitative estimate of drug-likeness (QED) is 0.0151. The Bertz CT molecular complexity index is 5330. The van der Waals surface area contributed by atoms with Gasteiger partial charge in [-0.2, -0.15) is 45.6 Å². The van der Waals surface area contributed by atoms with Gasteiger partial charge in [-0.1, -0.05) is 60.7 Å². The fraction of sp³-hybridized carbons (Fsp3) is 0.156. The summed E-state index contributed by atoms with van der Waals surface area (Å²) in [6, 6.07) is 43.8. The summed E-state index contributed by atoms with van der Waals surface area (Å²) in [5.74, 6) is 2.71. The van der Waals surface area contributed by atoms with Gasteiger partial charge >= 0.3 is 15.5 Å². The predicted molar refractivity (Wildman–Crippen MR) is 493 cm³/mol. The number of pyridine rings is 10. The van der Waals surface area contributed by atoms with Crippen molar-refractivity contribution in [2.45, 2.75) is 73.4 Å². The molecule has 594 valence electrons. The van der Waals surface area contributed by atoms with E-state index < -0.39 is 0 Å². The predicted octanol–water partition coefficient (Wildman–Crippen LogP) is 10.8. The number of alkyl halides is 3. The molecule has 0 amide bonds. The Morgan fingerprint density at radius 2 is 0.624 bits per heavy atom. The molecule has 10 heterocycles. The molecule has 12 aromatic rings. The van der Waals surface area contributed by atoms with Crippen LogP contribution in [0.15, 0.2) is 159 Å². The fourth-order valence-electron chi connectivity index (χ4n) is 10.2. The molecule has 0 saturated carbocycles. The minimum Gasteiger partial charge on any atom is -0.377 e. The standard InChI is InChI=1S/C14H11ClN4S.2C13H10ClN5S.C12H9ClN2.2C11H8ClN3.3CH4N2S/c15-9-19-14(17)20-8-13-12(5-6-16)11-4-2-1-3-10(11)7-18-13;14-8-19-13(16)20-7-9-6-18-12-11(2-1-5-17-12)10(9)3-4-15;14-8-19-13(16)20-7-12-10(3-4-15)9-2-1-5-17-11(9)6-18-12;13-7-12-11(5-6-14)10-4-2-1-3-9(10)8-15-12;12-6-8-7-15-11-10(2-1-5-14-11)9(8)3-4-13;12-6-10-9(3-4-13)8-2-1-5-14-11(8)7-15-10;3*2-1(3)4/h1-4,7,9,17H,5,8H2;2*1-2,5-6,8,16H,3,7H2;1-4,8H,5,7H2;2*1-2,5,7H,3,6H2;3*(H4,2,3,4)/p+3. The van der Waals surface area contributed by atoms with Gasteiger partial charge in [0.15, 0.2) is 26.6 Å².